The molecule has 1 amide bonds. The van der Waals surface area contributed by atoms with Crippen LogP contribution < -0.4 is 10.1 Å². The second-order valence-electron chi connectivity index (χ2n) is 3.34. The average molecular weight is 228 g/mol. The number of halogens is 1. The maximum atomic E-state index is 11.3. The summed E-state index contributed by atoms with van der Waals surface area (Å²) in [5.74, 6) is 0.497. The molecule has 1 aromatic rings. The number of carbonyl (C=O) groups is 1. The molecule has 82 valence electrons. The molecule has 1 rings (SSSR count). The lowest BCUT2D eigenvalue weighted by molar-refractivity contribution is -0.115. The lowest BCUT2D eigenvalue weighted by Crippen LogP contribution is -2.20. The van der Waals surface area contributed by atoms with Crippen molar-refractivity contribution in [2.45, 2.75) is 19.2 Å². The van der Waals surface area contributed by atoms with Gasteiger partial charge in [0, 0.05) is 11.8 Å². The molecule has 0 spiro atoms. The Labute approximate surface area is 94.4 Å². The largest absolute Gasteiger partial charge is 0.497 e. The van der Waals surface area contributed by atoms with Gasteiger partial charge >= 0.3 is 0 Å². The Morgan fingerprint density at radius 2 is 2.13 bits per heavy atom. The monoisotopic (exact) mass is 227 g/mol. The second kappa shape index (κ2) is 5.03. The minimum Gasteiger partial charge on any atom is -0.497 e. The number of amides is 1. The number of hydrogen-bond donors (Lipinski definition) is 1. The van der Waals surface area contributed by atoms with Crippen LogP contribution in [0.1, 0.15) is 12.5 Å². The maximum absolute atomic E-state index is 11.3. The molecular weight excluding hydrogens is 214 g/mol. The van der Waals surface area contributed by atoms with Crippen LogP contribution in [-0.2, 0) is 4.79 Å². The zero-order chi connectivity index (χ0) is 11.4. The van der Waals surface area contributed by atoms with Crippen LogP contribution in [0.15, 0.2) is 18.2 Å². The van der Waals surface area contributed by atoms with E-state index in [9.17, 15) is 4.79 Å². The Bertz CT molecular complexity index is 364. The van der Waals surface area contributed by atoms with Crippen molar-refractivity contribution < 1.29 is 9.53 Å². The van der Waals surface area contributed by atoms with Gasteiger partial charge in [-0.25, -0.2) is 0 Å². The van der Waals surface area contributed by atoms with Crippen LogP contribution >= 0.6 is 11.6 Å². The van der Waals surface area contributed by atoms with Crippen molar-refractivity contribution >= 4 is 23.2 Å². The Kier molecular flexibility index (Phi) is 3.97. The number of aryl methyl sites for hydroxylation is 1. The molecule has 0 saturated heterocycles. The van der Waals surface area contributed by atoms with Crippen LogP contribution in [0.3, 0.4) is 0 Å². The van der Waals surface area contributed by atoms with E-state index in [2.05, 4.69) is 5.32 Å². The number of alkyl halides is 1. The average Bonchev–Trinajstić information content (AvgIpc) is 2.16. The Hall–Kier alpha value is -1.22. The van der Waals surface area contributed by atoms with Crippen LogP contribution in [0, 0.1) is 6.92 Å². The van der Waals surface area contributed by atoms with E-state index in [0.717, 1.165) is 5.56 Å². The number of rotatable bonds is 3. The number of anilines is 1. The van der Waals surface area contributed by atoms with Crippen molar-refractivity contribution in [2.24, 2.45) is 0 Å². The van der Waals surface area contributed by atoms with E-state index >= 15 is 0 Å². The third-order valence-corrected chi connectivity index (χ3v) is 2.11. The molecule has 1 unspecified atom stereocenters. The van der Waals surface area contributed by atoms with Crippen molar-refractivity contribution in [3.8, 4) is 5.75 Å². The molecule has 1 aromatic carbocycles. The lowest BCUT2D eigenvalue weighted by Gasteiger charge is -2.09. The Balaban J connectivity index is 2.85. The van der Waals surface area contributed by atoms with Crippen LogP contribution in [-0.4, -0.2) is 18.4 Å². The first-order valence-electron chi connectivity index (χ1n) is 4.63. The van der Waals surface area contributed by atoms with Crippen LogP contribution in [0.25, 0.3) is 0 Å². The summed E-state index contributed by atoms with van der Waals surface area (Å²) in [6.07, 6.45) is 0. The molecule has 0 aliphatic rings. The van der Waals surface area contributed by atoms with E-state index in [1.807, 2.05) is 19.1 Å². The van der Waals surface area contributed by atoms with Gasteiger partial charge in [-0.2, -0.15) is 0 Å². The molecule has 0 fully saturated rings. The summed E-state index contributed by atoms with van der Waals surface area (Å²) in [6, 6.07) is 5.50. The molecule has 0 saturated carbocycles. The first kappa shape index (κ1) is 11.9. The highest BCUT2D eigenvalue weighted by molar-refractivity contribution is 6.32. The molecule has 4 heteroatoms. The number of carbonyl (C=O) groups excluding carboxylic acids is 1. The van der Waals surface area contributed by atoms with Crippen molar-refractivity contribution in [1.82, 2.24) is 0 Å². The van der Waals surface area contributed by atoms with Gasteiger partial charge in [0.2, 0.25) is 5.91 Å². The molecule has 3 nitrogen and oxygen atoms in total. The van der Waals surface area contributed by atoms with Gasteiger partial charge in [-0.3, -0.25) is 4.79 Å². The van der Waals surface area contributed by atoms with E-state index in [1.54, 1.807) is 20.1 Å². The van der Waals surface area contributed by atoms with E-state index in [1.165, 1.54) is 0 Å². The van der Waals surface area contributed by atoms with Gasteiger partial charge in [-0.1, -0.05) is 0 Å². The Morgan fingerprint density at radius 3 is 2.67 bits per heavy atom. The Morgan fingerprint density at radius 1 is 1.47 bits per heavy atom. The van der Waals surface area contributed by atoms with Crippen LogP contribution in [0.5, 0.6) is 5.75 Å². The highest BCUT2D eigenvalue weighted by atomic mass is 35.5. The normalized spacial score (nSPS) is 12.0. The number of hydrogen-bond acceptors (Lipinski definition) is 2. The van der Waals surface area contributed by atoms with Crippen molar-refractivity contribution in [1.29, 1.82) is 0 Å². The molecule has 15 heavy (non-hydrogen) atoms. The quantitative estimate of drug-likeness (QED) is 0.806. The van der Waals surface area contributed by atoms with Gasteiger partial charge in [-0.15, -0.1) is 11.6 Å². The van der Waals surface area contributed by atoms with Crippen molar-refractivity contribution in [2.75, 3.05) is 12.4 Å². The van der Waals surface area contributed by atoms with Crippen LogP contribution in [0.2, 0.25) is 0 Å². The van der Waals surface area contributed by atoms with E-state index in [4.69, 9.17) is 16.3 Å². The van der Waals surface area contributed by atoms with Crippen LogP contribution in [0.4, 0.5) is 5.69 Å². The molecule has 0 bridgehead atoms. The maximum Gasteiger partial charge on any atom is 0.242 e. The molecule has 1 atom stereocenters. The highest BCUT2D eigenvalue weighted by Crippen LogP contribution is 2.20. The topological polar surface area (TPSA) is 38.3 Å². The smallest absolute Gasteiger partial charge is 0.242 e. The molecule has 0 aromatic heterocycles. The summed E-state index contributed by atoms with van der Waals surface area (Å²) in [4.78, 5) is 11.3. The summed E-state index contributed by atoms with van der Waals surface area (Å²) in [7, 11) is 1.59. The fourth-order valence-corrected chi connectivity index (χ4v) is 1.23. The van der Waals surface area contributed by atoms with E-state index in [-0.39, 0.29) is 5.91 Å². The zero-order valence-electron chi connectivity index (χ0n) is 9.00. The minimum absolute atomic E-state index is 0.218. The molecule has 0 aliphatic heterocycles. The van der Waals surface area contributed by atoms with Crippen molar-refractivity contribution in [3.63, 3.8) is 0 Å². The first-order valence-corrected chi connectivity index (χ1v) is 5.07. The summed E-state index contributed by atoms with van der Waals surface area (Å²) in [5, 5.41) is 2.16. The third-order valence-electron chi connectivity index (χ3n) is 1.92. The van der Waals surface area contributed by atoms with Gasteiger partial charge in [0.25, 0.3) is 0 Å². The molecule has 0 aliphatic carbocycles. The number of methoxy groups -OCH3 is 1. The summed E-state index contributed by atoms with van der Waals surface area (Å²) in [5.41, 5.74) is 1.72. The number of ether oxygens (including phenoxy) is 1. The summed E-state index contributed by atoms with van der Waals surface area (Å²) in [6.45, 7) is 3.56. The fraction of sp³-hybridized carbons (Fsp3) is 0.364. The molecule has 1 N–H and O–H groups in total. The zero-order valence-corrected chi connectivity index (χ0v) is 9.76. The predicted molar refractivity (Wildman–Crippen MR) is 61.7 cm³/mol. The van der Waals surface area contributed by atoms with Gasteiger partial charge in [0.15, 0.2) is 0 Å². The number of benzene rings is 1. The highest BCUT2D eigenvalue weighted by Gasteiger charge is 2.09. The second-order valence-corrected chi connectivity index (χ2v) is 4.00. The van der Waals surface area contributed by atoms with Gasteiger partial charge in [0.05, 0.1) is 7.11 Å². The predicted octanol–water partition coefficient (Wildman–Crippen LogP) is 2.57. The standard InChI is InChI=1S/C11H14ClNO2/c1-7-4-9(6-10(5-7)15-3)13-11(14)8(2)12/h4-6,8H,1-3H3,(H,13,14). The number of nitrogens with one attached hydrogen (secondary N) is 1. The molecule has 0 heterocycles. The first-order chi connectivity index (χ1) is 7.02. The lowest BCUT2D eigenvalue weighted by atomic mass is 10.2. The molecular formula is C11H14ClNO2. The minimum atomic E-state index is -0.545. The fourth-order valence-electron chi connectivity index (χ4n) is 1.18. The van der Waals surface area contributed by atoms with Gasteiger partial charge < -0.3 is 10.1 Å². The van der Waals surface area contributed by atoms with Crippen molar-refractivity contribution in [3.05, 3.63) is 23.8 Å². The van der Waals surface area contributed by atoms with E-state index in [0.29, 0.717) is 11.4 Å². The molecule has 0 radical (unpaired) electrons. The summed E-state index contributed by atoms with van der Waals surface area (Å²) < 4.78 is 5.09. The third kappa shape index (κ3) is 3.44. The SMILES string of the molecule is COc1cc(C)cc(NC(=O)C(C)Cl)c1. The van der Waals surface area contributed by atoms with Gasteiger partial charge in [-0.05, 0) is 31.5 Å². The van der Waals surface area contributed by atoms with E-state index < -0.39 is 5.38 Å². The van der Waals surface area contributed by atoms with Gasteiger partial charge in [0.1, 0.15) is 11.1 Å². The summed E-state index contributed by atoms with van der Waals surface area (Å²) >= 11 is 5.65.